The third kappa shape index (κ3) is 6.92. The van der Waals surface area contributed by atoms with Gasteiger partial charge in [0.15, 0.2) is 12.3 Å². The molecule has 0 aromatic rings. The minimum absolute atomic E-state index is 0.888. The van der Waals surface area contributed by atoms with Gasteiger partial charge in [0.1, 0.15) is 0 Å². The van der Waals surface area contributed by atoms with Crippen molar-refractivity contribution in [2.24, 2.45) is 0 Å². The van der Waals surface area contributed by atoms with Crippen LogP contribution in [0.15, 0.2) is 0 Å². The Morgan fingerprint density at radius 3 is 1.00 bits per heavy atom. The van der Waals surface area contributed by atoms with Crippen molar-refractivity contribution in [3.05, 3.63) is 0 Å². The summed E-state index contributed by atoms with van der Waals surface area (Å²) in [6.07, 6.45) is -10.3. The first kappa shape index (κ1) is 21.9. The van der Waals surface area contributed by atoms with Crippen molar-refractivity contribution in [1.82, 2.24) is 21.3 Å². The van der Waals surface area contributed by atoms with Gasteiger partial charge < -0.3 is 18.9 Å². The van der Waals surface area contributed by atoms with Crippen molar-refractivity contribution in [2.75, 3.05) is 28.4 Å². The Balaban J connectivity index is 5.63. The van der Waals surface area contributed by atoms with Gasteiger partial charge in [-0.25, -0.2) is 19.2 Å². The molecule has 0 aliphatic heterocycles. The fourth-order valence-electron chi connectivity index (χ4n) is 1.33. The first-order chi connectivity index (χ1) is 11.6. The Kier molecular flexibility index (Phi) is 8.72. The second-order valence-corrected chi connectivity index (χ2v) is 4.08. The highest BCUT2D eigenvalue weighted by Gasteiger charge is 2.51. The predicted molar refractivity (Wildman–Crippen MR) is 74.7 cm³/mol. The molecule has 0 heterocycles. The number of rotatable bonds is 6. The molecule has 0 aromatic carbocycles. The second kappa shape index (κ2) is 9.94. The van der Waals surface area contributed by atoms with E-state index in [1.54, 1.807) is 21.3 Å². The Bertz CT molecular complexity index is 426. The first-order valence-electron chi connectivity index (χ1n) is 6.38. The highest BCUT2D eigenvalue weighted by atomic mass is 19.3. The van der Waals surface area contributed by atoms with E-state index >= 15 is 0 Å². The van der Waals surface area contributed by atoms with E-state index in [1.807, 2.05) is 0 Å². The molecule has 4 amide bonds. The monoisotopic (exact) mass is 372 g/mol. The molecule has 25 heavy (non-hydrogen) atoms. The van der Waals surface area contributed by atoms with Gasteiger partial charge in [0, 0.05) is 0 Å². The number of halogens is 2. The second-order valence-electron chi connectivity index (χ2n) is 4.08. The van der Waals surface area contributed by atoms with E-state index in [2.05, 4.69) is 18.9 Å². The Morgan fingerprint density at radius 2 is 0.840 bits per heavy atom. The van der Waals surface area contributed by atoms with Gasteiger partial charge in [-0.2, -0.15) is 8.78 Å². The molecule has 0 fully saturated rings. The van der Waals surface area contributed by atoms with Crippen molar-refractivity contribution < 1.29 is 46.9 Å². The molecule has 0 atom stereocenters. The lowest BCUT2D eigenvalue weighted by molar-refractivity contribution is -0.0822. The Morgan fingerprint density at radius 1 is 0.640 bits per heavy atom. The number of methoxy groups -OCH3 is 4. The van der Waals surface area contributed by atoms with Crippen molar-refractivity contribution in [1.29, 1.82) is 0 Å². The number of hydrogen-bond acceptors (Lipinski definition) is 8. The number of carbonyl (C=O) groups is 4. The number of nitrogens with one attached hydrogen (secondary N) is 4. The molecular weight excluding hydrogens is 354 g/mol. The molecule has 0 unspecified atom stereocenters. The SMILES string of the molecule is COC(=O)NC(NC(=O)OC)C(F)(F)C(NC(=O)OC)NC(=O)OC. The number of alkyl carbamates (subject to hydrolysis) is 4. The summed E-state index contributed by atoms with van der Waals surface area (Å²) in [6, 6.07) is 0. The van der Waals surface area contributed by atoms with Gasteiger partial charge in [-0.15, -0.1) is 0 Å². The number of hydrogen-bond donors (Lipinski definition) is 4. The van der Waals surface area contributed by atoms with Crippen LogP contribution < -0.4 is 21.3 Å². The van der Waals surface area contributed by atoms with Crippen LogP contribution in [-0.2, 0) is 18.9 Å². The minimum atomic E-state index is -4.19. The van der Waals surface area contributed by atoms with Crippen LogP contribution in [0.1, 0.15) is 0 Å². The van der Waals surface area contributed by atoms with Crippen LogP contribution in [0, 0.1) is 0 Å². The summed E-state index contributed by atoms with van der Waals surface area (Å²) >= 11 is 0. The predicted octanol–water partition coefficient (Wildman–Crippen LogP) is -0.302. The van der Waals surface area contributed by atoms with Gasteiger partial charge in [0.2, 0.25) is 0 Å². The summed E-state index contributed by atoms with van der Waals surface area (Å²) in [4.78, 5) is 44.9. The molecule has 0 bridgehead atoms. The molecule has 14 heteroatoms. The van der Waals surface area contributed by atoms with E-state index in [0.29, 0.717) is 0 Å². The quantitative estimate of drug-likeness (QED) is 0.366. The van der Waals surface area contributed by atoms with Gasteiger partial charge in [0.25, 0.3) is 0 Å². The van der Waals surface area contributed by atoms with E-state index in [-0.39, 0.29) is 0 Å². The number of carbonyl (C=O) groups excluding carboxylic acids is 4. The Labute approximate surface area is 140 Å². The van der Waals surface area contributed by atoms with Gasteiger partial charge in [0.05, 0.1) is 28.4 Å². The summed E-state index contributed by atoms with van der Waals surface area (Å²) in [5, 5.41) is 6.51. The van der Waals surface area contributed by atoms with Crippen molar-refractivity contribution in [3.63, 3.8) is 0 Å². The van der Waals surface area contributed by atoms with Gasteiger partial charge >= 0.3 is 30.3 Å². The molecule has 0 aliphatic carbocycles. The molecule has 0 radical (unpaired) electrons. The van der Waals surface area contributed by atoms with Gasteiger partial charge in [-0.1, -0.05) is 0 Å². The van der Waals surface area contributed by atoms with E-state index in [9.17, 15) is 28.0 Å². The molecule has 12 nitrogen and oxygen atoms in total. The molecule has 0 saturated carbocycles. The van der Waals surface area contributed by atoms with E-state index in [0.717, 1.165) is 28.4 Å². The zero-order chi connectivity index (χ0) is 19.6. The van der Waals surface area contributed by atoms with Crippen molar-refractivity contribution in [2.45, 2.75) is 18.3 Å². The average Bonchev–Trinajstić information content (AvgIpc) is 2.59. The fraction of sp³-hybridized carbons (Fsp3) is 0.636. The van der Waals surface area contributed by atoms with Crippen LogP contribution >= 0.6 is 0 Å². The maximum absolute atomic E-state index is 14.7. The molecule has 0 rings (SSSR count). The van der Waals surface area contributed by atoms with Crippen LogP contribution in [-0.4, -0.2) is 71.1 Å². The molecule has 144 valence electrons. The lowest BCUT2D eigenvalue weighted by atomic mass is 10.2. The lowest BCUT2D eigenvalue weighted by Gasteiger charge is -2.33. The third-order valence-electron chi connectivity index (χ3n) is 2.56. The molecule has 0 aliphatic rings. The zero-order valence-electron chi connectivity index (χ0n) is 13.7. The minimum Gasteiger partial charge on any atom is -0.453 e. The van der Waals surface area contributed by atoms with E-state index in [1.165, 1.54) is 0 Å². The summed E-state index contributed by atoms with van der Waals surface area (Å²) in [5.74, 6) is -4.19. The molecule has 0 spiro atoms. The summed E-state index contributed by atoms with van der Waals surface area (Å²) in [5.41, 5.74) is 0. The van der Waals surface area contributed by atoms with Crippen LogP contribution in [0.2, 0.25) is 0 Å². The number of alkyl halides is 2. The van der Waals surface area contributed by atoms with Crippen molar-refractivity contribution >= 4 is 24.4 Å². The molecular formula is C11H18F2N4O8. The molecule has 4 N–H and O–H groups in total. The van der Waals surface area contributed by atoms with Crippen LogP contribution in [0.3, 0.4) is 0 Å². The van der Waals surface area contributed by atoms with Gasteiger partial charge in [-0.05, 0) is 0 Å². The Hall–Kier alpha value is -3.06. The molecule has 0 saturated heterocycles. The normalized spacial score (nSPS) is 10.6. The maximum atomic E-state index is 14.7. The van der Waals surface area contributed by atoms with Crippen molar-refractivity contribution in [3.8, 4) is 0 Å². The van der Waals surface area contributed by atoms with Crippen LogP contribution in [0.25, 0.3) is 0 Å². The van der Waals surface area contributed by atoms with E-state index < -0.39 is 42.6 Å². The highest BCUT2D eigenvalue weighted by Crippen LogP contribution is 2.22. The fourth-order valence-corrected chi connectivity index (χ4v) is 1.33. The molecule has 0 aromatic heterocycles. The topological polar surface area (TPSA) is 153 Å². The smallest absolute Gasteiger partial charge is 0.408 e. The van der Waals surface area contributed by atoms with Crippen LogP contribution in [0.4, 0.5) is 28.0 Å². The zero-order valence-corrected chi connectivity index (χ0v) is 13.7. The first-order valence-corrected chi connectivity index (χ1v) is 6.38. The van der Waals surface area contributed by atoms with Crippen LogP contribution in [0.5, 0.6) is 0 Å². The summed E-state index contributed by atoms with van der Waals surface area (Å²) in [6.45, 7) is 0. The largest absolute Gasteiger partial charge is 0.453 e. The van der Waals surface area contributed by atoms with E-state index in [4.69, 9.17) is 0 Å². The number of ether oxygens (including phenoxy) is 4. The summed E-state index contributed by atoms with van der Waals surface area (Å²) < 4.78 is 46.0. The third-order valence-corrected chi connectivity index (χ3v) is 2.56. The van der Waals surface area contributed by atoms with Gasteiger partial charge in [-0.3, -0.25) is 21.3 Å². The lowest BCUT2D eigenvalue weighted by Crippen LogP contribution is -2.69. The highest BCUT2D eigenvalue weighted by molar-refractivity contribution is 5.73. The number of amides is 4. The maximum Gasteiger partial charge on any atom is 0.408 e. The standard InChI is InChI=1S/C11H18F2N4O8/c1-22-7(18)14-5(15-8(19)23-2)11(12,13)6(16-9(20)24-3)17-10(21)25-4/h5-6H,1-4H3,(H,14,18)(H,15,19)(H,16,20)(H,17,21). The average molecular weight is 372 g/mol. The summed E-state index contributed by atoms with van der Waals surface area (Å²) in [7, 11) is 3.55.